The topological polar surface area (TPSA) is 68.2 Å². The van der Waals surface area contributed by atoms with E-state index in [4.69, 9.17) is 11.6 Å². The summed E-state index contributed by atoms with van der Waals surface area (Å²) in [5, 5.41) is 0.587. The maximum absolute atomic E-state index is 13.0. The minimum absolute atomic E-state index is 0.139. The van der Waals surface area contributed by atoms with Crippen LogP contribution in [0.1, 0.15) is 30.5 Å². The van der Waals surface area contributed by atoms with Gasteiger partial charge in [0.2, 0.25) is 10.0 Å². The van der Waals surface area contributed by atoms with Gasteiger partial charge in [-0.25, -0.2) is 13.1 Å². The first kappa shape index (κ1) is 21.8. The molecule has 0 bridgehead atoms. The van der Waals surface area contributed by atoms with Crippen molar-refractivity contribution < 1.29 is 8.42 Å². The van der Waals surface area contributed by atoms with Crippen LogP contribution in [0.15, 0.2) is 82.5 Å². The van der Waals surface area contributed by atoms with E-state index in [2.05, 4.69) is 4.72 Å². The van der Waals surface area contributed by atoms with Gasteiger partial charge in [-0.15, -0.1) is 0 Å². The maximum atomic E-state index is 13.0. The largest absolute Gasteiger partial charge is 0.308 e. The van der Waals surface area contributed by atoms with Crippen LogP contribution in [0.5, 0.6) is 0 Å². The molecule has 0 fully saturated rings. The Labute approximate surface area is 190 Å². The quantitative estimate of drug-likeness (QED) is 0.402. The van der Waals surface area contributed by atoms with E-state index in [-0.39, 0.29) is 15.8 Å². The van der Waals surface area contributed by atoms with E-state index in [1.807, 2.05) is 55.5 Å². The fraction of sp³-hybridized carbons (Fsp3) is 0.174. The molecule has 3 aromatic carbocycles. The zero-order valence-electron chi connectivity index (χ0n) is 16.8. The van der Waals surface area contributed by atoms with Crippen molar-refractivity contribution in [2.75, 3.05) is 0 Å². The lowest BCUT2D eigenvalue weighted by molar-refractivity contribution is 0.550. The number of hydrogen-bond acceptors (Lipinski definition) is 4. The highest BCUT2D eigenvalue weighted by atomic mass is 35.5. The molecule has 0 spiro atoms. The number of sulfonamides is 1. The Morgan fingerprint density at radius 2 is 1.74 bits per heavy atom. The fourth-order valence-corrected chi connectivity index (χ4v) is 6.02. The number of benzene rings is 3. The van der Waals surface area contributed by atoms with Crippen LogP contribution in [-0.4, -0.2) is 13.0 Å². The first-order chi connectivity index (χ1) is 14.9. The van der Waals surface area contributed by atoms with E-state index < -0.39 is 10.0 Å². The molecule has 0 amide bonds. The second kappa shape index (κ2) is 8.96. The van der Waals surface area contributed by atoms with Gasteiger partial charge in [-0.2, -0.15) is 0 Å². The van der Waals surface area contributed by atoms with Gasteiger partial charge in [0.25, 0.3) is 0 Å². The molecule has 1 N–H and O–H groups in total. The van der Waals surface area contributed by atoms with E-state index in [1.54, 1.807) is 22.8 Å². The van der Waals surface area contributed by atoms with Gasteiger partial charge in [-0.05, 0) is 41.8 Å². The van der Waals surface area contributed by atoms with Crippen molar-refractivity contribution in [3.63, 3.8) is 0 Å². The molecule has 0 aliphatic rings. The number of hydrogen-bond donors (Lipinski definition) is 1. The third-order valence-corrected chi connectivity index (χ3v) is 7.92. The third kappa shape index (κ3) is 4.60. The van der Waals surface area contributed by atoms with Crippen LogP contribution in [0, 0.1) is 0 Å². The normalized spacial score (nSPS) is 12.8. The molecule has 4 rings (SSSR count). The molecule has 1 atom stereocenters. The number of rotatable bonds is 7. The molecule has 8 heteroatoms. The second-order valence-corrected chi connectivity index (χ2v) is 10.3. The van der Waals surface area contributed by atoms with E-state index in [0.717, 1.165) is 22.5 Å². The second-order valence-electron chi connectivity index (χ2n) is 7.17. The maximum Gasteiger partial charge on any atom is 0.308 e. The molecule has 5 nitrogen and oxygen atoms in total. The minimum atomic E-state index is -3.76. The molecule has 0 saturated carbocycles. The van der Waals surface area contributed by atoms with Crippen LogP contribution < -0.4 is 9.60 Å². The van der Waals surface area contributed by atoms with Gasteiger partial charge >= 0.3 is 4.87 Å². The smallest absolute Gasteiger partial charge is 0.294 e. The highest BCUT2D eigenvalue weighted by Gasteiger charge is 2.21. The number of thiazole rings is 1. The predicted molar refractivity (Wildman–Crippen MR) is 126 cm³/mol. The molecule has 160 valence electrons. The molecule has 0 radical (unpaired) electrons. The summed E-state index contributed by atoms with van der Waals surface area (Å²) in [5.41, 5.74) is 2.42. The SMILES string of the molecule is CCC(NS(=O)(=O)c1ccc2c(c1)sc(=O)n2Cc1ccccc1Cl)c1ccccc1. The van der Waals surface area contributed by atoms with Crippen molar-refractivity contribution in [3.8, 4) is 0 Å². The summed E-state index contributed by atoms with van der Waals surface area (Å²) in [5.74, 6) is 0. The summed E-state index contributed by atoms with van der Waals surface area (Å²) in [6.07, 6.45) is 0.618. The molecule has 4 aromatic rings. The Morgan fingerprint density at radius 1 is 1.03 bits per heavy atom. The number of aromatic nitrogens is 1. The van der Waals surface area contributed by atoms with Crippen molar-refractivity contribution in [3.05, 3.63) is 98.6 Å². The standard InChI is InChI=1S/C23H21ClN2O3S2/c1-2-20(16-8-4-3-5-9-16)25-31(28,29)18-12-13-21-22(14-18)30-23(27)26(21)15-17-10-6-7-11-19(17)24/h3-14,20,25H,2,15H2,1H3. The highest BCUT2D eigenvalue weighted by Crippen LogP contribution is 2.26. The van der Waals surface area contributed by atoms with Gasteiger partial charge in [0.15, 0.2) is 0 Å². The molecule has 0 aliphatic carbocycles. The Kier molecular flexibility index (Phi) is 6.29. The summed E-state index contributed by atoms with van der Waals surface area (Å²) >= 11 is 7.27. The molecule has 1 unspecified atom stereocenters. The van der Waals surface area contributed by atoms with Gasteiger partial charge in [-0.1, -0.05) is 78.4 Å². The Balaban J connectivity index is 1.66. The van der Waals surface area contributed by atoms with E-state index in [0.29, 0.717) is 28.2 Å². The fourth-order valence-electron chi connectivity index (χ4n) is 3.49. The van der Waals surface area contributed by atoms with Crippen molar-refractivity contribution in [1.29, 1.82) is 0 Å². The van der Waals surface area contributed by atoms with Crippen LogP contribution in [0.4, 0.5) is 0 Å². The molecular formula is C23H21ClN2O3S2. The van der Waals surface area contributed by atoms with Gasteiger partial charge in [-0.3, -0.25) is 9.36 Å². The van der Waals surface area contributed by atoms with Gasteiger partial charge in [0.05, 0.1) is 21.7 Å². The number of fused-ring (bicyclic) bond motifs is 1. The van der Waals surface area contributed by atoms with E-state index in [9.17, 15) is 13.2 Å². The molecule has 1 heterocycles. The van der Waals surface area contributed by atoms with Crippen LogP contribution in [0.25, 0.3) is 10.2 Å². The minimum Gasteiger partial charge on any atom is -0.294 e. The Bertz CT molecular complexity index is 1380. The molecule has 31 heavy (non-hydrogen) atoms. The highest BCUT2D eigenvalue weighted by molar-refractivity contribution is 7.89. The zero-order chi connectivity index (χ0) is 22.0. The van der Waals surface area contributed by atoms with Gasteiger partial charge in [0, 0.05) is 11.1 Å². The van der Waals surface area contributed by atoms with Crippen molar-refractivity contribution in [2.24, 2.45) is 0 Å². The van der Waals surface area contributed by atoms with Gasteiger partial charge in [0.1, 0.15) is 0 Å². The predicted octanol–water partition coefficient (Wildman–Crippen LogP) is 5.19. The average molecular weight is 473 g/mol. The summed E-state index contributed by atoms with van der Waals surface area (Å²) in [7, 11) is -3.76. The molecular weight excluding hydrogens is 452 g/mol. The van der Waals surface area contributed by atoms with Crippen LogP contribution in [0.2, 0.25) is 5.02 Å². The van der Waals surface area contributed by atoms with Crippen LogP contribution >= 0.6 is 22.9 Å². The molecule has 1 aromatic heterocycles. The van der Waals surface area contributed by atoms with E-state index in [1.165, 1.54) is 6.07 Å². The lowest BCUT2D eigenvalue weighted by Gasteiger charge is -2.17. The van der Waals surface area contributed by atoms with Crippen LogP contribution in [0.3, 0.4) is 0 Å². The first-order valence-corrected chi connectivity index (χ1v) is 12.5. The lowest BCUT2D eigenvalue weighted by Crippen LogP contribution is -2.28. The zero-order valence-corrected chi connectivity index (χ0v) is 19.2. The third-order valence-electron chi connectivity index (χ3n) is 5.14. The average Bonchev–Trinajstić information content (AvgIpc) is 3.08. The van der Waals surface area contributed by atoms with Crippen molar-refractivity contribution in [1.82, 2.24) is 9.29 Å². The number of nitrogens with one attached hydrogen (secondary N) is 1. The molecule has 0 saturated heterocycles. The number of nitrogens with zero attached hydrogens (tertiary/aromatic N) is 1. The summed E-state index contributed by atoms with van der Waals surface area (Å²) in [6, 6.07) is 21.3. The van der Waals surface area contributed by atoms with Crippen molar-refractivity contribution >= 4 is 43.2 Å². The van der Waals surface area contributed by atoms with Crippen LogP contribution in [-0.2, 0) is 16.6 Å². The molecule has 0 aliphatic heterocycles. The van der Waals surface area contributed by atoms with Gasteiger partial charge < -0.3 is 0 Å². The summed E-state index contributed by atoms with van der Waals surface area (Å²) in [6.45, 7) is 2.26. The summed E-state index contributed by atoms with van der Waals surface area (Å²) < 4.78 is 31.1. The summed E-state index contributed by atoms with van der Waals surface area (Å²) in [4.78, 5) is 12.6. The first-order valence-electron chi connectivity index (χ1n) is 9.83. The lowest BCUT2D eigenvalue weighted by atomic mass is 10.1. The van der Waals surface area contributed by atoms with Crippen molar-refractivity contribution in [2.45, 2.75) is 30.8 Å². The Morgan fingerprint density at radius 3 is 2.45 bits per heavy atom. The Hall–Kier alpha value is -2.45. The van der Waals surface area contributed by atoms with E-state index >= 15 is 0 Å². The monoisotopic (exact) mass is 472 g/mol. The number of halogens is 1.